The Morgan fingerprint density at radius 1 is 1.14 bits per heavy atom. The third kappa shape index (κ3) is 5.03. The van der Waals surface area contributed by atoms with Crippen molar-refractivity contribution in [2.24, 2.45) is 0 Å². The van der Waals surface area contributed by atoms with Crippen LogP contribution < -0.4 is 10.6 Å². The van der Waals surface area contributed by atoms with Crippen LogP contribution in [0.5, 0.6) is 0 Å². The number of benzene rings is 2. The van der Waals surface area contributed by atoms with Gasteiger partial charge in [-0.15, -0.1) is 11.3 Å². The van der Waals surface area contributed by atoms with Crippen molar-refractivity contribution in [3.8, 4) is 0 Å². The maximum atomic E-state index is 13.9. The topological polar surface area (TPSA) is 45.7 Å². The summed E-state index contributed by atoms with van der Waals surface area (Å²) < 4.78 is 27.0. The molecule has 1 heterocycles. The van der Waals surface area contributed by atoms with Crippen LogP contribution in [-0.4, -0.2) is 12.5 Å². The first kappa shape index (κ1) is 20.2. The maximum absolute atomic E-state index is 13.9. The number of halogens is 2. The van der Waals surface area contributed by atoms with E-state index in [0.29, 0.717) is 0 Å². The minimum absolute atomic E-state index is 0.0178. The zero-order chi connectivity index (χ0) is 20.1. The van der Waals surface area contributed by atoms with Gasteiger partial charge in [-0.25, -0.2) is 8.78 Å². The molecule has 6 heteroatoms. The van der Waals surface area contributed by atoms with Crippen LogP contribution >= 0.6 is 11.3 Å². The lowest BCUT2D eigenvalue weighted by molar-refractivity contribution is -0.676. The van der Waals surface area contributed by atoms with Gasteiger partial charge in [0.1, 0.15) is 17.7 Å². The lowest BCUT2D eigenvalue weighted by atomic mass is 10.0. The monoisotopic (exact) mass is 401 g/mol. The number of carbonyl (C=O) groups excluding carboxylic acids is 1. The summed E-state index contributed by atoms with van der Waals surface area (Å²) in [6.07, 6.45) is 0. The molecule has 0 fully saturated rings. The fourth-order valence-corrected chi connectivity index (χ4v) is 3.96. The molecule has 0 unspecified atom stereocenters. The van der Waals surface area contributed by atoms with Crippen molar-refractivity contribution in [3.05, 3.63) is 93.2 Å². The van der Waals surface area contributed by atoms with Crippen molar-refractivity contribution in [1.29, 1.82) is 0 Å². The van der Waals surface area contributed by atoms with Gasteiger partial charge in [-0.2, -0.15) is 0 Å². The smallest absolute Gasteiger partial charge is 0.275 e. The fourth-order valence-electron chi connectivity index (χ4n) is 3.11. The van der Waals surface area contributed by atoms with Crippen LogP contribution in [0.3, 0.4) is 0 Å². The number of thiophene rings is 1. The van der Waals surface area contributed by atoms with E-state index in [2.05, 4.69) is 35.6 Å². The number of hydrogen-bond donors (Lipinski definition) is 2. The molecule has 1 amide bonds. The summed E-state index contributed by atoms with van der Waals surface area (Å²) in [7, 11) is 0. The molecule has 0 radical (unpaired) electrons. The number of nitrogens with one attached hydrogen (secondary N) is 1. The molecule has 3 rings (SSSR count). The minimum atomic E-state index is -0.659. The van der Waals surface area contributed by atoms with Gasteiger partial charge in [0, 0.05) is 17.2 Å². The highest BCUT2D eigenvalue weighted by Gasteiger charge is 2.21. The van der Waals surface area contributed by atoms with E-state index in [1.165, 1.54) is 17.7 Å². The zero-order valence-electron chi connectivity index (χ0n) is 15.8. The fraction of sp³-hybridized carbons (Fsp3) is 0.227. The highest BCUT2D eigenvalue weighted by atomic mass is 32.1. The summed E-state index contributed by atoms with van der Waals surface area (Å²) in [6, 6.07) is 15.2. The summed E-state index contributed by atoms with van der Waals surface area (Å²) in [5.41, 5.74) is 2.57. The van der Waals surface area contributed by atoms with Gasteiger partial charge in [-0.05, 0) is 31.4 Å². The van der Waals surface area contributed by atoms with Gasteiger partial charge in [0.15, 0.2) is 6.54 Å². The van der Waals surface area contributed by atoms with E-state index in [1.807, 2.05) is 23.7 Å². The molecule has 0 saturated heterocycles. The summed E-state index contributed by atoms with van der Waals surface area (Å²) in [4.78, 5) is 13.6. The molecule has 0 spiro atoms. The Balaban J connectivity index is 1.66. The first-order valence-corrected chi connectivity index (χ1v) is 9.99. The van der Waals surface area contributed by atoms with E-state index in [0.717, 1.165) is 16.5 Å². The van der Waals surface area contributed by atoms with Crippen LogP contribution in [0.1, 0.15) is 40.6 Å². The van der Waals surface area contributed by atoms with E-state index >= 15 is 0 Å². The Morgan fingerprint density at radius 3 is 2.54 bits per heavy atom. The van der Waals surface area contributed by atoms with Gasteiger partial charge in [-0.1, -0.05) is 42.0 Å². The third-order valence-corrected chi connectivity index (χ3v) is 5.59. The van der Waals surface area contributed by atoms with Crippen molar-refractivity contribution in [3.63, 3.8) is 0 Å². The molecule has 3 N–H and O–H groups in total. The predicted octanol–water partition coefficient (Wildman–Crippen LogP) is 3.86. The average molecular weight is 402 g/mol. The molecule has 0 bridgehead atoms. The van der Waals surface area contributed by atoms with Gasteiger partial charge < -0.3 is 10.6 Å². The molecule has 1 aromatic heterocycles. The number of quaternary nitrogens is 1. The van der Waals surface area contributed by atoms with E-state index in [9.17, 15) is 13.6 Å². The van der Waals surface area contributed by atoms with Gasteiger partial charge in [-0.3, -0.25) is 4.79 Å². The first-order chi connectivity index (χ1) is 13.4. The standard InChI is InChI=1S/C22H22F2N2OS/c1-14-5-7-16(8-6-14)22(20-4-3-11-28-20)25-13-21(27)26-15(2)18-10-9-17(23)12-19(18)24/h3-12,15,22,25H,13H2,1-2H3,(H,26,27)/p+1/t15-,22+/m1/s1. The SMILES string of the molecule is Cc1ccc([C@H]([NH2+]CC(=O)N[C@H](C)c2ccc(F)cc2F)c2cccs2)cc1. The number of nitrogens with two attached hydrogens (primary N) is 1. The Labute approximate surface area is 167 Å². The Hall–Kier alpha value is -2.57. The Bertz CT molecular complexity index is 926. The van der Waals surface area contributed by atoms with Crippen molar-refractivity contribution in [1.82, 2.24) is 5.32 Å². The molecule has 3 aromatic rings. The van der Waals surface area contributed by atoms with Crippen molar-refractivity contribution >= 4 is 17.2 Å². The van der Waals surface area contributed by atoms with E-state index in [-0.39, 0.29) is 24.1 Å². The minimum Gasteiger partial charge on any atom is -0.345 e. The van der Waals surface area contributed by atoms with Crippen LogP contribution in [0.2, 0.25) is 0 Å². The number of aryl methyl sites for hydroxylation is 1. The van der Waals surface area contributed by atoms with Crippen LogP contribution in [0, 0.1) is 18.6 Å². The molecule has 0 aliphatic rings. The maximum Gasteiger partial charge on any atom is 0.275 e. The summed E-state index contributed by atoms with van der Waals surface area (Å²) >= 11 is 1.65. The van der Waals surface area contributed by atoms with Crippen LogP contribution in [0.15, 0.2) is 60.0 Å². The molecule has 0 aliphatic carbocycles. The van der Waals surface area contributed by atoms with Crippen molar-refractivity contribution < 1.29 is 18.9 Å². The summed E-state index contributed by atoms with van der Waals surface area (Å²) in [6.45, 7) is 3.92. The van der Waals surface area contributed by atoms with Crippen LogP contribution in [-0.2, 0) is 4.79 Å². The normalized spacial score (nSPS) is 13.1. The summed E-state index contributed by atoms with van der Waals surface area (Å²) in [5, 5.41) is 6.78. The molecular weight excluding hydrogens is 378 g/mol. The highest BCUT2D eigenvalue weighted by Crippen LogP contribution is 2.23. The van der Waals surface area contributed by atoms with Crippen molar-refractivity contribution in [2.45, 2.75) is 25.9 Å². The van der Waals surface area contributed by atoms with Crippen LogP contribution in [0.4, 0.5) is 8.78 Å². The zero-order valence-corrected chi connectivity index (χ0v) is 16.6. The number of carbonyl (C=O) groups is 1. The van der Waals surface area contributed by atoms with Crippen molar-refractivity contribution in [2.75, 3.05) is 6.54 Å². The highest BCUT2D eigenvalue weighted by molar-refractivity contribution is 7.10. The molecular formula is C22H23F2N2OS+. The second kappa shape index (κ2) is 9.08. The third-order valence-electron chi connectivity index (χ3n) is 4.63. The Morgan fingerprint density at radius 2 is 1.89 bits per heavy atom. The average Bonchev–Trinajstić information content (AvgIpc) is 3.17. The molecule has 2 aromatic carbocycles. The van der Waals surface area contributed by atoms with E-state index in [1.54, 1.807) is 18.3 Å². The summed E-state index contributed by atoms with van der Waals surface area (Å²) in [5.74, 6) is -1.50. The van der Waals surface area contributed by atoms with Gasteiger partial charge in [0.25, 0.3) is 5.91 Å². The van der Waals surface area contributed by atoms with Crippen LogP contribution in [0.25, 0.3) is 0 Å². The molecule has 28 heavy (non-hydrogen) atoms. The predicted molar refractivity (Wildman–Crippen MR) is 107 cm³/mol. The number of rotatable bonds is 7. The molecule has 2 atom stereocenters. The lowest BCUT2D eigenvalue weighted by Gasteiger charge is -2.17. The van der Waals surface area contributed by atoms with E-state index in [4.69, 9.17) is 0 Å². The molecule has 0 saturated carbocycles. The Kier molecular flexibility index (Phi) is 6.54. The quantitative estimate of drug-likeness (QED) is 0.620. The largest absolute Gasteiger partial charge is 0.345 e. The lowest BCUT2D eigenvalue weighted by Crippen LogP contribution is -2.87. The number of amides is 1. The second-order valence-electron chi connectivity index (χ2n) is 6.80. The second-order valence-corrected chi connectivity index (χ2v) is 7.78. The molecule has 3 nitrogen and oxygen atoms in total. The number of hydrogen-bond acceptors (Lipinski definition) is 2. The first-order valence-electron chi connectivity index (χ1n) is 9.11. The van der Waals surface area contributed by atoms with Gasteiger partial charge in [0.2, 0.25) is 0 Å². The molecule has 0 aliphatic heterocycles. The molecule has 146 valence electrons. The van der Waals surface area contributed by atoms with Gasteiger partial charge in [0.05, 0.1) is 10.9 Å². The van der Waals surface area contributed by atoms with E-state index < -0.39 is 17.7 Å². The van der Waals surface area contributed by atoms with Gasteiger partial charge >= 0.3 is 0 Å².